The van der Waals surface area contributed by atoms with Crippen molar-refractivity contribution in [3.8, 4) is 0 Å². The molecule has 0 radical (unpaired) electrons. The first-order valence-corrected chi connectivity index (χ1v) is 5.16. The maximum atomic E-state index is 3.44. The topological polar surface area (TPSA) is 12.0 Å². The largest absolute Gasteiger partial charge is 0.316 e. The predicted molar refractivity (Wildman–Crippen MR) is 54.0 cm³/mol. The Morgan fingerprint density at radius 1 is 1.15 bits per heavy atom. The van der Waals surface area contributed by atoms with Gasteiger partial charge in [-0.15, -0.1) is 0 Å². The standard InChI is InChI=1S/C12H15N/c1-13-12-7-8-6-11(12)10-5-3-2-4-9(8)10/h2-5,8,11-13H,6-7H2,1H3/t8-,11-,12-/m0/s1. The first-order valence-electron chi connectivity index (χ1n) is 5.16. The average Bonchev–Trinajstić information content (AvgIpc) is 2.75. The number of likely N-dealkylation sites (N-methyl/N-ethyl adjacent to an activating group) is 1. The lowest BCUT2D eigenvalue weighted by molar-refractivity contribution is 0.506. The van der Waals surface area contributed by atoms with Gasteiger partial charge in [0, 0.05) is 12.0 Å². The molecule has 13 heavy (non-hydrogen) atoms. The highest BCUT2D eigenvalue weighted by Crippen LogP contribution is 2.52. The Bertz CT molecular complexity index is 330. The summed E-state index contributed by atoms with van der Waals surface area (Å²) in [6, 6.07) is 9.70. The number of nitrogens with one attached hydrogen (secondary N) is 1. The van der Waals surface area contributed by atoms with Crippen LogP contribution < -0.4 is 5.32 Å². The third-order valence-electron chi connectivity index (χ3n) is 3.77. The molecule has 3 rings (SSSR count). The zero-order chi connectivity index (χ0) is 8.84. The van der Waals surface area contributed by atoms with E-state index in [1.165, 1.54) is 12.8 Å². The zero-order valence-corrected chi connectivity index (χ0v) is 7.96. The normalized spacial score (nSPS) is 35.0. The minimum absolute atomic E-state index is 0.736. The molecule has 1 aromatic rings. The summed E-state index contributed by atoms with van der Waals surface area (Å²) in [4.78, 5) is 0. The van der Waals surface area contributed by atoms with Crippen molar-refractivity contribution in [3.05, 3.63) is 35.4 Å². The molecule has 0 aromatic heterocycles. The lowest BCUT2D eigenvalue weighted by Gasteiger charge is -2.23. The van der Waals surface area contributed by atoms with E-state index >= 15 is 0 Å². The number of hydrogen-bond donors (Lipinski definition) is 1. The predicted octanol–water partition coefficient (Wildman–Crippen LogP) is 2.25. The van der Waals surface area contributed by atoms with Gasteiger partial charge in [0.25, 0.3) is 0 Å². The summed E-state index contributed by atoms with van der Waals surface area (Å²) < 4.78 is 0. The van der Waals surface area contributed by atoms with Gasteiger partial charge >= 0.3 is 0 Å². The van der Waals surface area contributed by atoms with Crippen LogP contribution >= 0.6 is 0 Å². The molecule has 0 aliphatic heterocycles. The van der Waals surface area contributed by atoms with Crippen LogP contribution in [0.15, 0.2) is 24.3 Å². The van der Waals surface area contributed by atoms with Gasteiger partial charge in [-0.3, -0.25) is 0 Å². The first-order chi connectivity index (χ1) is 6.40. The molecule has 1 aromatic carbocycles. The Kier molecular flexibility index (Phi) is 1.50. The molecule has 2 aliphatic carbocycles. The second kappa shape index (κ2) is 2.58. The number of hydrogen-bond acceptors (Lipinski definition) is 1. The van der Waals surface area contributed by atoms with Gasteiger partial charge in [-0.1, -0.05) is 24.3 Å². The van der Waals surface area contributed by atoms with Crippen molar-refractivity contribution in [1.82, 2.24) is 5.32 Å². The molecule has 2 aliphatic rings. The second-order valence-corrected chi connectivity index (χ2v) is 4.30. The van der Waals surface area contributed by atoms with Gasteiger partial charge in [-0.05, 0) is 36.9 Å². The van der Waals surface area contributed by atoms with Crippen molar-refractivity contribution in [2.75, 3.05) is 7.05 Å². The van der Waals surface area contributed by atoms with E-state index in [9.17, 15) is 0 Å². The van der Waals surface area contributed by atoms with Crippen LogP contribution in [-0.4, -0.2) is 13.1 Å². The summed E-state index contributed by atoms with van der Waals surface area (Å²) in [6.07, 6.45) is 2.73. The zero-order valence-electron chi connectivity index (χ0n) is 7.96. The Hall–Kier alpha value is -0.820. The van der Waals surface area contributed by atoms with Crippen molar-refractivity contribution >= 4 is 0 Å². The van der Waals surface area contributed by atoms with E-state index in [0.29, 0.717) is 0 Å². The van der Waals surface area contributed by atoms with Crippen molar-refractivity contribution < 1.29 is 0 Å². The molecule has 0 heterocycles. The van der Waals surface area contributed by atoms with E-state index in [4.69, 9.17) is 0 Å². The minimum Gasteiger partial charge on any atom is -0.316 e. The Labute approximate surface area is 79.2 Å². The number of fused-ring (bicyclic) bond motifs is 5. The fraction of sp³-hybridized carbons (Fsp3) is 0.500. The minimum atomic E-state index is 0.736. The molecule has 2 bridgehead atoms. The molecular formula is C12H15N. The quantitative estimate of drug-likeness (QED) is 0.687. The van der Waals surface area contributed by atoms with Crippen LogP contribution in [0.5, 0.6) is 0 Å². The lowest BCUT2D eigenvalue weighted by atomic mass is 9.88. The summed E-state index contributed by atoms with van der Waals surface area (Å²) in [5.41, 5.74) is 3.23. The molecule has 1 fully saturated rings. The van der Waals surface area contributed by atoms with E-state index in [2.05, 4.69) is 36.6 Å². The molecule has 3 atom stereocenters. The second-order valence-electron chi connectivity index (χ2n) is 4.30. The Morgan fingerprint density at radius 3 is 2.69 bits per heavy atom. The average molecular weight is 173 g/mol. The van der Waals surface area contributed by atoms with Gasteiger partial charge in [-0.25, -0.2) is 0 Å². The highest BCUT2D eigenvalue weighted by molar-refractivity contribution is 5.42. The van der Waals surface area contributed by atoms with Crippen molar-refractivity contribution in [2.45, 2.75) is 30.7 Å². The number of rotatable bonds is 1. The van der Waals surface area contributed by atoms with E-state index in [-0.39, 0.29) is 0 Å². The molecule has 1 N–H and O–H groups in total. The Balaban J connectivity index is 2.07. The molecule has 1 saturated carbocycles. The van der Waals surface area contributed by atoms with Crippen molar-refractivity contribution in [2.24, 2.45) is 0 Å². The summed E-state index contributed by atoms with van der Waals surface area (Å²) in [6.45, 7) is 0. The van der Waals surface area contributed by atoms with Crippen LogP contribution in [0.3, 0.4) is 0 Å². The van der Waals surface area contributed by atoms with Gasteiger partial charge in [-0.2, -0.15) is 0 Å². The molecule has 0 saturated heterocycles. The van der Waals surface area contributed by atoms with Gasteiger partial charge in [0.05, 0.1) is 0 Å². The molecule has 1 nitrogen and oxygen atoms in total. The van der Waals surface area contributed by atoms with E-state index < -0.39 is 0 Å². The summed E-state index contributed by atoms with van der Waals surface area (Å²) in [7, 11) is 2.09. The smallest absolute Gasteiger partial charge is 0.0139 e. The maximum Gasteiger partial charge on any atom is 0.0139 e. The first kappa shape index (κ1) is 7.57. The summed E-state index contributed by atoms with van der Waals surface area (Å²) >= 11 is 0. The fourth-order valence-corrected chi connectivity index (χ4v) is 3.17. The Morgan fingerprint density at radius 2 is 1.92 bits per heavy atom. The third-order valence-corrected chi connectivity index (χ3v) is 3.77. The SMILES string of the molecule is CN[C@H]1C[C@@H]2C[C@H]1c1ccccc12. The third kappa shape index (κ3) is 0.910. The monoisotopic (exact) mass is 173 g/mol. The maximum absolute atomic E-state index is 3.44. The van der Waals surface area contributed by atoms with E-state index in [0.717, 1.165) is 17.9 Å². The van der Waals surface area contributed by atoms with Gasteiger partial charge in [0.1, 0.15) is 0 Å². The van der Waals surface area contributed by atoms with Crippen LogP contribution in [0.4, 0.5) is 0 Å². The van der Waals surface area contributed by atoms with Crippen LogP contribution in [0.2, 0.25) is 0 Å². The highest BCUT2D eigenvalue weighted by Gasteiger charge is 2.42. The highest BCUT2D eigenvalue weighted by atomic mass is 14.9. The van der Waals surface area contributed by atoms with Gasteiger partial charge in [0.2, 0.25) is 0 Å². The van der Waals surface area contributed by atoms with Crippen molar-refractivity contribution in [1.29, 1.82) is 0 Å². The van der Waals surface area contributed by atoms with E-state index in [1.54, 1.807) is 11.1 Å². The van der Waals surface area contributed by atoms with Crippen LogP contribution in [-0.2, 0) is 0 Å². The molecule has 68 valence electrons. The van der Waals surface area contributed by atoms with Gasteiger partial charge < -0.3 is 5.32 Å². The lowest BCUT2D eigenvalue weighted by Crippen LogP contribution is -2.29. The number of benzene rings is 1. The van der Waals surface area contributed by atoms with Crippen LogP contribution in [0, 0.1) is 0 Å². The van der Waals surface area contributed by atoms with Gasteiger partial charge in [0.15, 0.2) is 0 Å². The molecule has 0 spiro atoms. The summed E-state index contributed by atoms with van der Waals surface area (Å²) in [5.74, 6) is 1.64. The van der Waals surface area contributed by atoms with Crippen LogP contribution in [0.25, 0.3) is 0 Å². The molecule has 0 amide bonds. The van der Waals surface area contributed by atoms with Crippen LogP contribution in [0.1, 0.15) is 35.8 Å². The van der Waals surface area contributed by atoms with Crippen molar-refractivity contribution in [3.63, 3.8) is 0 Å². The molecule has 1 heteroatoms. The molecular weight excluding hydrogens is 158 g/mol. The van der Waals surface area contributed by atoms with E-state index in [1.807, 2.05) is 0 Å². The summed E-state index contributed by atoms with van der Waals surface area (Å²) in [5, 5.41) is 3.44. The molecule has 0 unspecified atom stereocenters. The fourth-order valence-electron chi connectivity index (χ4n) is 3.17.